The molecule has 1 aliphatic carbocycles. The summed E-state index contributed by atoms with van der Waals surface area (Å²) in [5.74, 6) is 1.96. The number of carboxylic acids is 1. The fraction of sp³-hybridized carbons (Fsp3) is 0.438. The standard InChI is InChI=1S/C16H17N3O3/c1-9-10(5-15-17-6-13(22-15)16(20)21)2-3-14(18-9)19-7-11-4-12(11)8-19/h2-3,6,11-12H,4-5,7-8H2,1H3,(H,20,21). The molecule has 0 spiro atoms. The first kappa shape index (κ1) is 13.3. The maximum absolute atomic E-state index is 10.8. The third kappa shape index (κ3) is 2.34. The van der Waals surface area contributed by atoms with Crippen molar-refractivity contribution >= 4 is 11.8 Å². The van der Waals surface area contributed by atoms with Crippen LogP contribution >= 0.6 is 0 Å². The van der Waals surface area contributed by atoms with Crippen LogP contribution in [-0.4, -0.2) is 34.1 Å². The van der Waals surface area contributed by atoms with Crippen LogP contribution in [0.15, 0.2) is 22.7 Å². The van der Waals surface area contributed by atoms with Crippen LogP contribution in [0.3, 0.4) is 0 Å². The van der Waals surface area contributed by atoms with E-state index in [0.29, 0.717) is 12.3 Å². The number of carbonyl (C=O) groups is 1. The molecule has 0 bridgehead atoms. The van der Waals surface area contributed by atoms with Gasteiger partial charge in [0, 0.05) is 18.8 Å². The first-order valence-electron chi connectivity index (χ1n) is 7.49. The zero-order valence-electron chi connectivity index (χ0n) is 12.3. The summed E-state index contributed by atoms with van der Waals surface area (Å²) >= 11 is 0. The van der Waals surface area contributed by atoms with E-state index in [2.05, 4.69) is 14.9 Å². The Labute approximate surface area is 127 Å². The quantitative estimate of drug-likeness (QED) is 0.931. The Bertz CT molecular complexity index is 730. The van der Waals surface area contributed by atoms with Crippen molar-refractivity contribution in [2.45, 2.75) is 19.8 Å². The van der Waals surface area contributed by atoms with Crippen molar-refractivity contribution in [1.29, 1.82) is 0 Å². The van der Waals surface area contributed by atoms with E-state index in [-0.39, 0.29) is 5.76 Å². The van der Waals surface area contributed by atoms with Gasteiger partial charge in [0.1, 0.15) is 5.82 Å². The lowest BCUT2D eigenvalue weighted by molar-refractivity contribution is 0.0660. The van der Waals surface area contributed by atoms with E-state index in [1.54, 1.807) is 0 Å². The number of hydrogen-bond donors (Lipinski definition) is 1. The fourth-order valence-corrected chi connectivity index (χ4v) is 3.18. The summed E-state index contributed by atoms with van der Waals surface area (Å²) < 4.78 is 5.21. The minimum atomic E-state index is -1.10. The Kier molecular flexibility index (Phi) is 2.92. The molecule has 6 heteroatoms. The van der Waals surface area contributed by atoms with Gasteiger partial charge in [-0.15, -0.1) is 0 Å². The molecule has 1 saturated carbocycles. The van der Waals surface area contributed by atoms with Gasteiger partial charge in [0.2, 0.25) is 5.76 Å². The van der Waals surface area contributed by atoms with Crippen molar-refractivity contribution in [3.05, 3.63) is 41.2 Å². The van der Waals surface area contributed by atoms with Crippen LogP contribution in [0.2, 0.25) is 0 Å². The molecule has 1 N–H and O–H groups in total. The summed E-state index contributed by atoms with van der Waals surface area (Å²) in [6, 6.07) is 4.07. The molecule has 2 aliphatic rings. The predicted molar refractivity (Wildman–Crippen MR) is 79.1 cm³/mol. The molecule has 22 heavy (non-hydrogen) atoms. The molecule has 2 aromatic heterocycles. The van der Waals surface area contributed by atoms with Gasteiger partial charge in [-0.2, -0.15) is 0 Å². The predicted octanol–water partition coefficient (Wildman–Crippen LogP) is 2.12. The average molecular weight is 299 g/mol. The normalized spacial score (nSPS) is 22.7. The lowest BCUT2D eigenvalue weighted by Gasteiger charge is -2.20. The van der Waals surface area contributed by atoms with E-state index in [4.69, 9.17) is 9.52 Å². The number of carboxylic acid groups (broad SMARTS) is 1. The third-order valence-corrected chi connectivity index (χ3v) is 4.59. The molecule has 3 heterocycles. The van der Waals surface area contributed by atoms with Crippen molar-refractivity contribution in [2.24, 2.45) is 11.8 Å². The lowest BCUT2D eigenvalue weighted by Crippen LogP contribution is -2.23. The molecular formula is C16H17N3O3. The number of nitrogens with zero attached hydrogens (tertiary/aromatic N) is 3. The van der Waals surface area contributed by atoms with E-state index in [1.807, 2.05) is 19.1 Å². The van der Waals surface area contributed by atoms with Gasteiger partial charge in [-0.3, -0.25) is 0 Å². The number of aryl methyl sites for hydroxylation is 1. The highest BCUT2D eigenvalue weighted by Crippen LogP contribution is 2.45. The Morgan fingerprint density at radius 3 is 2.82 bits per heavy atom. The van der Waals surface area contributed by atoms with Gasteiger partial charge >= 0.3 is 5.97 Å². The molecule has 0 amide bonds. The van der Waals surface area contributed by atoms with Crippen molar-refractivity contribution in [1.82, 2.24) is 9.97 Å². The molecule has 2 aromatic rings. The van der Waals surface area contributed by atoms with E-state index >= 15 is 0 Å². The van der Waals surface area contributed by atoms with Crippen LogP contribution in [-0.2, 0) is 6.42 Å². The van der Waals surface area contributed by atoms with Crippen LogP contribution in [0.1, 0.15) is 34.1 Å². The van der Waals surface area contributed by atoms with Crippen LogP contribution in [0, 0.1) is 18.8 Å². The Morgan fingerprint density at radius 1 is 1.41 bits per heavy atom. The molecule has 114 valence electrons. The smallest absolute Gasteiger partial charge is 0.373 e. The van der Waals surface area contributed by atoms with Gasteiger partial charge in [0.15, 0.2) is 5.89 Å². The second-order valence-electron chi connectivity index (χ2n) is 6.18. The maximum Gasteiger partial charge on any atom is 0.373 e. The van der Waals surface area contributed by atoms with Gasteiger partial charge in [-0.25, -0.2) is 14.8 Å². The van der Waals surface area contributed by atoms with E-state index in [9.17, 15) is 4.79 Å². The number of pyridine rings is 1. The molecule has 4 rings (SSSR count). The zero-order valence-corrected chi connectivity index (χ0v) is 12.3. The summed E-state index contributed by atoms with van der Waals surface area (Å²) in [5, 5.41) is 8.85. The molecule has 2 atom stereocenters. The van der Waals surface area contributed by atoms with Crippen molar-refractivity contribution in [2.75, 3.05) is 18.0 Å². The number of fused-ring (bicyclic) bond motifs is 1. The first-order valence-corrected chi connectivity index (χ1v) is 7.49. The number of hydrogen-bond acceptors (Lipinski definition) is 5. The van der Waals surface area contributed by atoms with E-state index in [0.717, 1.165) is 42.0 Å². The molecule has 1 aliphatic heterocycles. The molecule has 2 fully saturated rings. The van der Waals surface area contributed by atoms with Gasteiger partial charge in [-0.05, 0) is 36.8 Å². The van der Waals surface area contributed by atoms with E-state index in [1.165, 1.54) is 12.6 Å². The van der Waals surface area contributed by atoms with Crippen molar-refractivity contribution in [3.63, 3.8) is 0 Å². The number of aromatic nitrogens is 2. The summed E-state index contributed by atoms with van der Waals surface area (Å²) in [5.41, 5.74) is 1.94. The van der Waals surface area contributed by atoms with Gasteiger partial charge in [0.25, 0.3) is 0 Å². The van der Waals surface area contributed by atoms with Gasteiger partial charge < -0.3 is 14.4 Å². The average Bonchev–Trinajstić information content (AvgIpc) is 2.89. The Balaban J connectivity index is 1.50. The largest absolute Gasteiger partial charge is 0.475 e. The number of aromatic carboxylic acids is 1. The van der Waals surface area contributed by atoms with Gasteiger partial charge in [0.05, 0.1) is 12.6 Å². The number of anilines is 1. The number of rotatable bonds is 4. The minimum absolute atomic E-state index is 0.131. The van der Waals surface area contributed by atoms with E-state index < -0.39 is 5.97 Å². The molecule has 2 unspecified atom stereocenters. The Morgan fingerprint density at radius 2 is 2.18 bits per heavy atom. The Hall–Kier alpha value is -2.37. The minimum Gasteiger partial charge on any atom is -0.475 e. The SMILES string of the molecule is Cc1nc(N2CC3CC3C2)ccc1Cc1ncc(C(=O)O)o1. The molecule has 1 saturated heterocycles. The summed E-state index contributed by atoms with van der Waals surface area (Å²) in [6.07, 6.45) is 3.08. The summed E-state index contributed by atoms with van der Waals surface area (Å²) in [4.78, 5) is 21.8. The highest BCUT2D eigenvalue weighted by molar-refractivity contribution is 5.83. The van der Waals surface area contributed by atoms with Crippen LogP contribution in [0.5, 0.6) is 0 Å². The molecular weight excluding hydrogens is 282 g/mol. The molecule has 0 aromatic carbocycles. The third-order valence-electron chi connectivity index (χ3n) is 4.59. The van der Waals surface area contributed by atoms with Crippen LogP contribution in [0.25, 0.3) is 0 Å². The molecule has 0 radical (unpaired) electrons. The van der Waals surface area contributed by atoms with Crippen LogP contribution in [0.4, 0.5) is 5.82 Å². The van der Waals surface area contributed by atoms with Gasteiger partial charge in [-0.1, -0.05) is 6.07 Å². The first-order chi connectivity index (χ1) is 10.6. The number of oxazole rings is 1. The lowest BCUT2D eigenvalue weighted by atomic mass is 10.1. The monoisotopic (exact) mass is 299 g/mol. The summed E-state index contributed by atoms with van der Waals surface area (Å²) in [7, 11) is 0. The fourth-order valence-electron chi connectivity index (χ4n) is 3.18. The highest BCUT2D eigenvalue weighted by Gasteiger charge is 2.45. The zero-order chi connectivity index (χ0) is 15.3. The topological polar surface area (TPSA) is 79.5 Å². The maximum atomic E-state index is 10.8. The van der Waals surface area contributed by atoms with Crippen LogP contribution < -0.4 is 4.90 Å². The summed E-state index contributed by atoms with van der Waals surface area (Å²) in [6.45, 7) is 4.22. The second-order valence-corrected chi connectivity index (χ2v) is 6.18. The van der Waals surface area contributed by atoms with Crippen molar-refractivity contribution < 1.29 is 14.3 Å². The highest BCUT2D eigenvalue weighted by atomic mass is 16.4. The van der Waals surface area contributed by atoms with Crippen molar-refractivity contribution in [3.8, 4) is 0 Å². The molecule has 6 nitrogen and oxygen atoms in total. The number of piperidine rings is 1. The second kappa shape index (κ2) is 4.83.